The highest BCUT2D eigenvalue weighted by molar-refractivity contribution is 5.12. The minimum atomic E-state index is -0.137. The number of hydrogen-bond acceptors (Lipinski definition) is 2. The van der Waals surface area contributed by atoms with Gasteiger partial charge in [-0.05, 0) is 56.3 Å². The molecule has 1 heterocycles. The quantitative estimate of drug-likeness (QED) is 0.716. The molecule has 1 saturated heterocycles. The lowest BCUT2D eigenvalue weighted by molar-refractivity contribution is -0.195. The molecule has 3 fully saturated rings. The van der Waals surface area contributed by atoms with Crippen molar-refractivity contribution in [2.24, 2.45) is 22.7 Å². The van der Waals surface area contributed by atoms with Crippen molar-refractivity contribution in [3.63, 3.8) is 0 Å². The van der Waals surface area contributed by atoms with Gasteiger partial charge in [-0.25, -0.2) is 0 Å². The SMILES string of the molecule is CC1(C)CC[C@H](O)[C@]2(C)[C@H]3CCO[C@]3(C)CC[C@@H]12. The molecule has 1 aliphatic heterocycles. The smallest absolute Gasteiger partial charge is 0.0689 e. The molecule has 5 atom stereocenters. The first-order valence-corrected chi connectivity index (χ1v) is 7.63. The fourth-order valence-electron chi connectivity index (χ4n) is 5.71. The summed E-state index contributed by atoms with van der Waals surface area (Å²) in [7, 11) is 0. The Morgan fingerprint density at radius 1 is 0.944 bits per heavy atom. The fourth-order valence-corrected chi connectivity index (χ4v) is 5.71. The van der Waals surface area contributed by atoms with Crippen molar-refractivity contribution in [2.45, 2.75) is 71.5 Å². The molecule has 0 aromatic carbocycles. The van der Waals surface area contributed by atoms with E-state index < -0.39 is 0 Å². The third-order valence-electron chi connectivity index (χ3n) is 6.73. The Labute approximate surface area is 111 Å². The van der Waals surface area contributed by atoms with Crippen molar-refractivity contribution in [1.82, 2.24) is 0 Å². The van der Waals surface area contributed by atoms with Gasteiger partial charge in [0.1, 0.15) is 0 Å². The maximum atomic E-state index is 10.7. The van der Waals surface area contributed by atoms with E-state index in [0.29, 0.717) is 17.3 Å². The van der Waals surface area contributed by atoms with Gasteiger partial charge in [-0.1, -0.05) is 20.8 Å². The first-order chi connectivity index (χ1) is 8.31. The van der Waals surface area contributed by atoms with Crippen LogP contribution >= 0.6 is 0 Å². The topological polar surface area (TPSA) is 29.5 Å². The van der Waals surface area contributed by atoms with Gasteiger partial charge in [-0.3, -0.25) is 0 Å². The molecule has 0 aromatic heterocycles. The number of fused-ring (bicyclic) bond motifs is 3. The third kappa shape index (κ3) is 1.48. The van der Waals surface area contributed by atoms with Crippen LogP contribution in [-0.4, -0.2) is 23.4 Å². The summed E-state index contributed by atoms with van der Waals surface area (Å²) in [5.74, 6) is 1.19. The normalized spacial score (nSPS) is 54.8. The maximum Gasteiger partial charge on any atom is 0.0689 e. The van der Waals surface area contributed by atoms with Gasteiger partial charge < -0.3 is 9.84 Å². The van der Waals surface area contributed by atoms with Gasteiger partial charge in [0, 0.05) is 12.0 Å². The van der Waals surface area contributed by atoms with Crippen LogP contribution < -0.4 is 0 Å². The minimum Gasteiger partial charge on any atom is -0.393 e. The average Bonchev–Trinajstić information content (AvgIpc) is 2.67. The number of ether oxygens (including phenoxy) is 1. The van der Waals surface area contributed by atoms with Gasteiger partial charge in [-0.15, -0.1) is 0 Å². The average molecular weight is 252 g/mol. The molecule has 2 nitrogen and oxygen atoms in total. The Hall–Kier alpha value is -0.0800. The van der Waals surface area contributed by atoms with E-state index in [9.17, 15) is 5.11 Å². The highest BCUT2D eigenvalue weighted by atomic mass is 16.5. The lowest BCUT2D eigenvalue weighted by Crippen LogP contribution is -2.61. The Kier molecular flexibility index (Phi) is 2.68. The molecular formula is C16H28O2. The molecule has 3 aliphatic rings. The Morgan fingerprint density at radius 3 is 2.39 bits per heavy atom. The Morgan fingerprint density at radius 2 is 1.67 bits per heavy atom. The van der Waals surface area contributed by atoms with Gasteiger partial charge in [0.05, 0.1) is 11.7 Å². The predicted molar refractivity (Wildman–Crippen MR) is 72.3 cm³/mol. The van der Waals surface area contributed by atoms with Crippen molar-refractivity contribution in [3.05, 3.63) is 0 Å². The molecular weight excluding hydrogens is 224 g/mol. The molecule has 0 aromatic rings. The molecule has 3 rings (SSSR count). The molecule has 0 radical (unpaired) electrons. The monoisotopic (exact) mass is 252 g/mol. The number of aliphatic hydroxyl groups excluding tert-OH is 1. The molecule has 1 N–H and O–H groups in total. The first-order valence-electron chi connectivity index (χ1n) is 7.63. The van der Waals surface area contributed by atoms with E-state index in [2.05, 4.69) is 27.7 Å². The second-order valence-corrected chi connectivity index (χ2v) is 8.00. The zero-order chi connectivity index (χ0) is 13.2. The van der Waals surface area contributed by atoms with Gasteiger partial charge in [0.2, 0.25) is 0 Å². The molecule has 104 valence electrons. The van der Waals surface area contributed by atoms with Crippen LogP contribution in [0.15, 0.2) is 0 Å². The zero-order valence-electron chi connectivity index (χ0n) is 12.3. The molecule has 0 unspecified atom stereocenters. The summed E-state index contributed by atoms with van der Waals surface area (Å²) in [6.07, 6.45) is 5.52. The van der Waals surface area contributed by atoms with E-state index in [1.165, 1.54) is 19.3 Å². The van der Waals surface area contributed by atoms with Crippen molar-refractivity contribution in [1.29, 1.82) is 0 Å². The Bertz CT molecular complexity index is 347. The number of aliphatic hydroxyl groups is 1. The van der Waals surface area contributed by atoms with Gasteiger partial charge in [0.15, 0.2) is 0 Å². The largest absolute Gasteiger partial charge is 0.393 e. The molecule has 18 heavy (non-hydrogen) atoms. The lowest BCUT2D eigenvalue weighted by Gasteiger charge is -2.62. The zero-order valence-corrected chi connectivity index (χ0v) is 12.3. The molecule has 2 heteroatoms. The molecule has 0 bridgehead atoms. The van der Waals surface area contributed by atoms with Crippen LogP contribution in [0.2, 0.25) is 0 Å². The number of rotatable bonds is 0. The second-order valence-electron chi connectivity index (χ2n) is 8.00. The Balaban J connectivity index is 2.03. The second kappa shape index (κ2) is 3.73. The van der Waals surface area contributed by atoms with Crippen molar-refractivity contribution < 1.29 is 9.84 Å². The number of hydrogen-bond donors (Lipinski definition) is 1. The summed E-state index contributed by atoms with van der Waals surface area (Å²) < 4.78 is 6.06. The highest BCUT2D eigenvalue weighted by Gasteiger charge is 2.63. The standard InChI is InChI=1S/C16H28O2/c1-14(2)8-6-13(17)16(4)11(14)5-9-15(3)12(16)7-10-18-15/h11-13,17H,5-10H2,1-4H3/t11-,12-,13-,15+,16-/m0/s1. The van der Waals surface area contributed by atoms with Gasteiger partial charge >= 0.3 is 0 Å². The van der Waals surface area contributed by atoms with Crippen LogP contribution in [0.25, 0.3) is 0 Å². The van der Waals surface area contributed by atoms with Crippen LogP contribution in [0, 0.1) is 22.7 Å². The molecule has 0 spiro atoms. The molecule has 2 aliphatic carbocycles. The van der Waals surface area contributed by atoms with E-state index in [4.69, 9.17) is 4.74 Å². The predicted octanol–water partition coefficient (Wildman–Crippen LogP) is 3.38. The third-order valence-corrected chi connectivity index (χ3v) is 6.73. The van der Waals surface area contributed by atoms with E-state index in [-0.39, 0.29) is 17.1 Å². The first kappa shape index (κ1) is 12.9. The van der Waals surface area contributed by atoms with Crippen molar-refractivity contribution in [2.75, 3.05) is 6.61 Å². The van der Waals surface area contributed by atoms with Crippen LogP contribution in [0.3, 0.4) is 0 Å². The molecule has 0 amide bonds. The maximum absolute atomic E-state index is 10.7. The van der Waals surface area contributed by atoms with Crippen LogP contribution in [0.4, 0.5) is 0 Å². The van der Waals surface area contributed by atoms with Crippen LogP contribution in [-0.2, 0) is 4.74 Å². The summed E-state index contributed by atoms with van der Waals surface area (Å²) in [5, 5.41) is 10.7. The van der Waals surface area contributed by atoms with E-state index in [1.54, 1.807) is 0 Å². The summed E-state index contributed by atoms with van der Waals surface area (Å²) in [4.78, 5) is 0. The summed E-state index contributed by atoms with van der Waals surface area (Å²) in [6, 6.07) is 0. The van der Waals surface area contributed by atoms with Crippen molar-refractivity contribution >= 4 is 0 Å². The fraction of sp³-hybridized carbons (Fsp3) is 1.00. The van der Waals surface area contributed by atoms with E-state index >= 15 is 0 Å². The summed E-state index contributed by atoms with van der Waals surface area (Å²) in [6.45, 7) is 10.3. The summed E-state index contributed by atoms with van der Waals surface area (Å²) in [5.41, 5.74) is 0.461. The molecule has 2 saturated carbocycles. The van der Waals surface area contributed by atoms with Gasteiger partial charge in [0.25, 0.3) is 0 Å². The van der Waals surface area contributed by atoms with Crippen LogP contribution in [0.5, 0.6) is 0 Å². The summed E-state index contributed by atoms with van der Waals surface area (Å²) >= 11 is 0. The minimum absolute atomic E-state index is 0.0274. The van der Waals surface area contributed by atoms with E-state index in [0.717, 1.165) is 19.4 Å². The lowest BCUT2D eigenvalue weighted by atomic mass is 9.44. The highest BCUT2D eigenvalue weighted by Crippen LogP contribution is 2.64. The van der Waals surface area contributed by atoms with Crippen LogP contribution in [0.1, 0.15) is 59.8 Å². The van der Waals surface area contributed by atoms with Crippen molar-refractivity contribution in [3.8, 4) is 0 Å². The van der Waals surface area contributed by atoms with E-state index in [1.807, 2.05) is 0 Å². The van der Waals surface area contributed by atoms with Gasteiger partial charge in [-0.2, -0.15) is 0 Å².